The average Bonchev–Trinajstić information content (AvgIpc) is 2.95. The van der Waals surface area contributed by atoms with E-state index in [0.717, 1.165) is 6.42 Å². The molecular weight excluding hydrogens is 284 g/mol. The first-order chi connectivity index (χ1) is 9.56. The fourth-order valence-electron chi connectivity index (χ4n) is 1.74. The summed E-state index contributed by atoms with van der Waals surface area (Å²) in [6, 6.07) is 3.17. The van der Waals surface area contributed by atoms with Crippen molar-refractivity contribution in [1.29, 1.82) is 0 Å². The summed E-state index contributed by atoms with van der Waals surface area (Å²) < 4.78 is 10.3. The molecule has 6 nitrogen and oxygen atoms in total. The van der Waals surface area contributed by atoms with Crippen LogP contribution in [0, 0.1) is 0 Å². The Labute approximate surface area is 121 Å². The molecule has 0 aromatic carbocycles. The van der Waals surface area contributed by atoms with E-state index < -0.39 is 24.1 Å². The average molecular weight is 299 g/mol. The maximum Gasteiger partial charge on any atom is 0.336 e. The minimum Gasteiger partial charge on any atom is -0.451 e. The van der Waals surface area contributed by atoms with Crippen LogP contribution < -0.4 is 5.32 Å². The SMILES string of the molecule is C[C@H](OC(=O)[C@H]1CCCO1)C(=O)Nc1ccc(Cl)cn1. The summed E-state index contributed by atoms with van der Waals surface area (Å²) >= 11 is 5.69. The quantitative estimate of drug-likeness (QED) is 0.857. The maximum atomic E-state index is 11.8. The molecule has 0 unspecified atom stereocenters. The Bertz CT molecular complexity index is 486. The van der Waals surface area contributed by atoms with Gasteiger partial charge in [0.05, 0.1) is 5.02 Å². The van der Waals surface area contributed by atoms with Gasteiger partial charge in [0.25, 0.3) is 5.91 Å². The molecule has 1 fully saturated rings. The zero-order valence-electron chi connectivity index (χ0n) is 11.0. The smallest absolute Gasteiger partial charge is 0.336 e. The van der Waals surface area contributed by atoms with Crippen molar-refractivity contribution in [1.82, 2.24) is 4.98 Å². The number of nitrogens with one attached hydrogen (secondary N) is 1. The lowest BCUT2D eigenvalue weighted by atomic mass is 10.2. The fourth-order valence-corrected chi connectivity index (χ4v) is 1.86. The van der Waals surface area contributed by atoms with Crippen LogP contribution in [0.15, 0.2) is 18.3 Å². The largest absolute Gasteiger partial charge is 0.451 e. The van der Waals surface area contributed by atoms with Crippen LogP contribution in [0.25, 0.3) is 0 Å². The van der Waals surface area contributed by atoms with Gasteiger partial charge >= 0.3 is 5.97 Å². The molecule has 0 aliphatic carbocycles. The maximum absolute atomic E-state index is 11.8. The molecule has 108 valence electrons. The highest BCUT2D eigenvalue weighted by molar-refractivity contribution is 6.30. The van der Waals surface area contributed by atoms with Crippen molar-refractivity contribution in [3.63, 3.8) is 0 Å². The second kappa shape index (κ2) is 6.67. The number of anilines is 1. The number of pyridine rings is 1. The number of carbonyl (C=O) groups is 2. The van der Waals surface area contributed by atoms with E-state index in [1.807, 2.05) is 0 Å². The van der Waals surface area contributed by atoms with Gasteiger partial charge in [-0.15, -0.1) is 0 Å². The summed E-state index contributed by atoms with van der Waals surface area (Å²) in [6.07, 6.45) is 1.41. The summed E-state index contributed by atoms with van der Waals surface area (Å²) in [5, 5.41) is 3.01. The highest BCUT2D eigenvalue weighted by atomic mass is 35.5. The van der Waals surface area contributed by atoms with Crippen LogP contribution in [-0.4, -0.2) is 35.7 Å². The third kappa shape index (κ3) is 3.91. The van der Waals surface area contributed by atoms with E-state index in [2.05, 4.69) is 10.3 Å². The minimum absolute atomic E-state index is 0.347. The topological polar surface area (TPSA) is 77.5 Å². The molecule has 0 radical (unpaired) electrons. The molecule has 0 saturated carbocycles. The molecule has 1 N–H and O–H groups in total. The molecular formula is C13H15ClN2O4. The van der Waals surface area contributed by atoms with Gasteiger partial charge in [-0.1, -0.05) is 11.6 Å². The summed E-state index contributed by atoms with van der Waals surface area (Å²) in [6.45, 7) is 2.05. The Balaban J connectivity index is 1.85. The van der Waals surface area contributed by atoms with Crippen molar-refractivity contribution in [2.45, 2.75) is 32.0 Å². The van der Waals surface area contributed by atoms with Gasteiger partial charge in [-0.2, -0.15) is 0 Å². The number of hydrogen-bond acceptors (Lipinski definition) is 5. The fraction of sp³-hybridized carbons (Fsp3) is 0.462. The highest BCUT2D eigenvalue weighted by Crippen LogP contribution is 2.15. The van der Waals surface area contributed by atoms with E-state index in [-0.39, 0.29) is 0 Å². The molecule has 0 bridgehead atoms. The van der Waals surface area contributed by atoms with Gasteiger partial charge in [-0.25, -0.2) is 9.78 Å². The van der Waals surface area contributed by atoms with Crippen LogP contribution in [0.3, 0.4) is 0 Å². The van der Waals surface area contributed by atoms with E-state index in [9.17, 15) is 9.59 Å². The van der Waals surface area contributed by atoms with Gasteiger partial charge in [-0.3, -0.25) is 4.79 Å². The molecule has 1 aliphatic heterocycles. The lowest BCUT2D eigenvalue weighted by Gasteiger charge is -2.15. The first-order valence-corrected chi connectivity index (χ1v) is 6.68. The number of carbonyl (C=O) groups excluding carboxylic acids is 2. The number of rotatable bonds is 4. The van der Waals surface area contributed by atoms with E-state index in [4.69, 9.17) is 21.1 Å². The summed E-state index contributed by atoms with van der Waals surface area (Å²) in [7, 11) is 0. The van der Waals surface area contributed by atoms with Crippen molar-refractivity contribution in [3.05, 3.63) is 23.4 Å². The van der Waals surface area contributed by atoms with Crippen LogP contribution >= 0.6 is 11.6 Å². The van der Waals surface area contributed by atoms with Gasteiger partial charge in [0.1, 0.15) is 5.82 Å². The predicted molar refractivity (Wildman–Crippen MR) is 72.4 cm³/mol. The Morgan fingerprint density at radius 3 is 2.95 bits per heavy atom. The first kappa shape index (κ1) is 14.7. The monoisotopic (exact) mass is 298 g/mol. The third-order valence-electron chi connectivity index (χ3n) is 2.83. The van der Waals surface area contributed by atoms with Crippen LogP contribution in [0.5, 0.6) is 0 Å². The summed E-state index contributed by atoms with van der Waals surface area (Å²) in [5.74, 6) is -0.611. The van der Waals surface area contributed by atoms with Crippen molar-refractivity contribution in [2.24, 2.45) is 0 Å². The molecule has 1 saturated heterocycles. The Morgan fingerprint density at radius 1 is 1.55 bits per heavy atom. The number of halogens is 1. The van der Waals surface area contributed by atoms with Crippen LogP contribution in [0.4, 0.5) is 5.82 Å². The number of nitrogens with zero attached hydrogens (tertiary/aromatic N) is 1. The predicted octanol–water partition coefficient (Wildman–Crippen LogP) is 1.78. The zero-order valence-corrected chi connectivity index (χ0v) is 11.7. The standard InChI is InChI=1S/C13H15ClN2O4/c1-8(20-13(18)10-3-2-6-19-10)12(17)16-11-5-4-9(14)7-15-11/h4-5,7-8,10H,2-3,6H2,1H3,(H,15,16,17)/t8-,10+/m0/s1. The van der Waals surface area contributed by atoms with Crippen LogP contribution in [0.1, 0.15) is 19.8 Å². The lowest BCUT2D eigenvalue weighted by Crippen LogP contribution is -2.34. The molecule has 7 heteroatoms. The van der Waals surface area contributed by atoms with Gasteiger partial charge in [0, 0.05) is 12.8 Å². The molecule has 2 heterocycles. The number of amides is 1. The third-order valence-corrected chi connectivity index (χ3v) is 3.06. The molecule has 2 rings (SSSR count). The number of aromatic nitrogens is 1. The minimum atomic E-state index is -0.913. The van der Waals surface area contributed by atoms with Crippen molar-refractivity contribution >= 4 is 29.3 Å². The van der Waals surface area contributed by atoms with Gasteiger partial charge in [-0.05, 0) is 31.9 Å². The number of esters is 1. The molecule has 2 atom stereocenters. The van der Waals surface area contributed by atoms with Gasteiger partial charge in [0.15, 0.2) is 12.2 Å². The zero-order chi connectivity index (χ0) is 14.5. The van der Waals surface area contributed by atoms with E-state index >= 15 is 0 Å². The van der Waals surface area contributed by atoms with Gasteiger partial charge in [0.2, 0.25) is 0 Å². The Kier molecular flexibility index (Phi) is 4.92. The van der Waals surface area contributed by atoms with E-state index in [1.54, 1.807) is 12.1 Å². The van der Waals surface area contributed by atoms with Crippen LogP contribution in [0.2, 0.25) is 5.02 Å². The van der Waals surface area contributed by atoms with Crippen molar-refractivity contribution in [3.8, 4) is 0 Å². The van der Waals surface area contributed by atoms with E-state index in [1.165, 1.54) is 13.1 Å². The molecule has 20 heavy (non-hydrogen) atoms. The Morgan fingerprint density at radius 2 is 2.35 bits per heavy atom. The second-order valence-electron chi connectivity index (χ2n) is 4.43. The van der Waals surface area contributed by atoms with E-state index in [0.29, 0.717) is 23.9 Å². The second-order valence-corrected chi connectivity index (χ2v) is 4.87. The molecule has 1 aromatic heterocycles. The molecule has 0 spiro atoms. The number of ether oxygens (including phenoxy) is 2. The summed E-state index contributed by atoms with van der Waals surface area (Å²) in [5.41, 5.74) is 0. The summed E-state index contributed by atoms with van der Waals surface area (Å²) in [4.78, 5) is 27.5. The first-order valence-electron chi connectivity index (χ1n) is 6.31. The number of hydrogen-bond donors (Lipinski definition) is 1. The van der Waals surface area contributed by atoms with Crippen LogP contribution in [-0.2, 0) is 19.1 Å². The highest BCUT2D eigenvalue weighted by Gasteiger charge is 2.28. The molecule has 1 aliphatic rings. The molecule has 1 amide bonds. The van der Waals surface area contributed by atoms with Crippen molar-refractivity contribution in [2.75, 3.05) is 11.9 Å². The Hall–Kier alpha value is -1.66. The van der Waals surface area contributed by atoms with Crippen molar-refractivity contribution < 1.29 is 19.1 Å². The van der Waals surface area contributed by atoms with Gasteiger partial charge < -0.3 is 14.8 Å². The normalized spacial score (nSPS) is 19.4. The molecule has 1 aromatic rings. The lowest BCUT2D eigenvalue weighted by molar-refractivity contribution is -0.162.